The van der Waals surface area contributed by atoms with Gasteiger partial charge in [-0.15, -0.1) is 0 Å². The fourth-order valence-corrected chi connectivity index (χ4v) is 3.94. The lowest BCUT2D eigenvalue weighted by Gasteiger charge is -2.34. The van der Waals surface area contributed by atoms with Crippen molar-refractivity contribution in [2.45, 2.75) is 19.4 Å². The SMILES string of the molecule is CN=C(NCCc1c[nH]c2cccc(C)c12)N1CCOC(c2cnn(C)c2)C1. The predicted octanol–water partition coefficient (Wildman–Crippen LogP) is 2.40. The molecule has 0 spiro atoms. The molecule has 7 nitrogen and oxygen atoms in total. The first-order valence-electron chi connectivity index (χ1n) is 9.77. The molecule has 4 rings (SSSR count). The second kappa shape index (κ2) is 8.06. The van der Waals surface area contributed by atoms with Crippen LogP contribution in [0.15, 0.2) is 41.8 Å². The molecular weight excluding hydrogens is 352 g/mol. The van der Waals surface area contributed by atoms with Crippen molar-refractivity contribution in [3.8, 4) is 0 Å². The molecule has 2 N–H and O–H groups in total. The normalized spacial score (nSPS) is 18.0. The lowest BCUT2D eigenvalue weighted by molar-refractivity contribution is -0.00800. The van der Waals surface area contributed by atoms with Crippen LogP contribution < -0.4 is 5.32 Å². The number of hydrogen-bond acceptors (Lipinski definition) is 3. The average Bonchev–Trinajstić information content (AvgIpc) is 3.33. The van der Waals surface area contributed by atoms with Crippen LogP contribution >= 0.6 is 0 Å². The summed E-state index contributed by atoms with van der Waals surface area (Å²) in [6.07, 6.45) is 6.99. The smallest absolute Gasteiger partial charge is 0.193 e. The van der Waals surface area contributed by atoms with Crippen molar-refractivity contribution in [1.29, 1.82) is 0 Å². The molecule has 7 heteroatoms. The Kier molecular flexibility index (Phi) is 5.34. The molecule has 1 aromatic carbocycles. The minimum atomic E-state index is 0.0252. The van der Waals surface area contributed by atoms with Gasteiger partial charge in [0, 0.05) is 56.0 Å². The van der Waals surface area contributed by atoms with Crippen molar-refractivity contribution in [2.75, 3.05) is 33.3 Å². The number of aromatic nitrogens is 3. The quantitative estimate of drug-likeness (QED) is 0.539. The van der Waals surface area contributed by atoms with Crippen LogP contribution in [0.1, 0.15) is 22.8 Å². The highest BCUT2D eigenvalue weighted by atomic mass is 16.5. The van der Waals surface area contributed by atoms with Gasteiger partial charge < -0.3 is 19.9 Å². The fourth-order valence-electron chi connectivity index (χ4n) is 3.94. The molecule has 0 aliphatic carbocycles. The summed E-state index contributed by atoms with van der Waals surface area (Å²) < 4.78 is 7.76. The van der Waals surface area contributed by atoms with Crippen LogP contribution in [0.2, 0.25) is 0 Å². The standard InChI is InChI=1S/C21H28N6O/c1-15-5-4-6-18-20(15)16(11-24-18)7-8-23-21(22-2)27-9-10-28-19(14-27)17-12-25-26(3)13-17/h4-6,11-13,19,24H,7-10,14H2,1-3H3,(H,22,23). The Hall–Kier alpha value is -2.80. The van der Waals surface area contributed by atoms with Crippen molar-refractivity contribution in [2.24, 2.45) is 12.0 Å². The number of guanidine groups is 1. The fraction of sp³-hybridized carbons (Fsp3) is 0.429. The molecular formula is C21H28N6O. The first-order chi connectivity index (χ1) is 13.7. The van der Waals surface area contributed by atoms with E-state index in [0.29, 0.717) is 6.61 Å². The molecule has 1 unspecified atom stereocenters. The van der Waals surface area contributed by atoms with E-state index in [0.717, 1.165) is 37.6 Å². The van der Waals surface area contributed by atoms with Crippen LogP contribution in [0, 0.1) is 6.92 Å². The predicted molar refractivity (Wildman–Crippen MR) is 112 cm³/mol. The van der Waals surface area contributed by atoms with Gasteiger partial charge >= 0.3 is 0 Å². The number of fused-ring (bicyclic) bond motifs is 1. The zero-order valence-electron chi connectivity index (χ0n) is 16.8. The zero-order chi connectivity index (χ0) is 19.5. The molecule has 1 aliphatic rings. The highest BCUT2D eigenvalue weighted by Gasteiger charge is 2.25. The summed E-state index contributed by atoms with van der Waals surface area (Å²) >= 11 is 0. The van der Waals surface area contributed by atoms with E-state index in [1.807, 2.05) is 31.2 Å². The second-order valence-corrected chi connectivity index (χ2v) is 7.29. The molecule has 2 aromatic heterocycles. The van der Waals surface area contributed by atoms with Crippen molar-refractivity contribution in [3.63, 3.8) is 0 Å². The van der Waals surface area contributed by atoms with Crippen LogP contribution in [0.25, 0.3) is 10.9 Å². The molecule has 0 amide bonds. The molecule has 0 bridgehead atoms. The van der Waals surface area contributed by atoms with Gasteiger partial charge in [-0.05, 0) is 30.5 Å². The molecule has 28 heavy (non-hydrogen) atoms. The van der Waals surface area contributed by atoms with Gasteiger partial charge in [0.05, 0.1) is 19.3 Å². The summed E-state index contributed by atoms with van der Waals surface area (Å²) in [7, 11) is 3.77. The molecule has 1 aliphatic heterocycles. The number of morpholine rings is 1. The minimum absolute atomic E-state index is 0.0252. The van der Waals surface area contributed by atoms with E-state index < -0.39 is 0 Å². The Balaban J connectivity index is 1.38. The van der Waals surface area contributed by atoms with E-state index in [2.05, 4.69) is 56.6 Å². The number of benzene rings is 1. The van der Waals surface area contributed by atoms with Gasteiger partial charge in [0.25, 0.3) is 0 Å². The van der Waals surface area contributed by atoms with E-state index in [1.54, 1.807) is 0 Å². The summed E-state index contributed by atoms with van der Waals surface area (Å²) in [5.41, 5.74) is 4.96. The van der Waals surface area contributed by atoms with E-state index in [1.165, 1.54) is 22.0 Å². The third kappa shape index (κ3) is 3.75. The Morgan fingerprint density at radius 3 is 3.11 bits per heavy atom. The third-order valence-corrected chi connectivity index (χ3v) is 5.35. The molecule has 3 heterocycles. The Morgan fingerprint density at radius 1 is 1.43 bits per heavy atom. The molecule has 1 fully saturated rings. The van der Waals surface area contributed by atoms with Crippen LogP contribution in [-0.4, -0.2) is 58.9 Å². The van der Waals surface area contributed by atoms with Crippen LogP contribution in [0.4, 0.5) is 0 Å². The highest BCUT2D eigenvalue weighted by Crippen LogP contribution is 2.23. The number of hydrogen-bond donors (Lipinski definition) is 2. The van der Waals surface area contributed by atoms with Crippen LogP contribution in [0.5, 0.6) is 0 Å². The monoisotopic (exact) mass is 380 g/mol. The molecule has 148 valence electrons. The van der Waals surface area contributed by atoms with E-state index in [4.69, 9.17) is 4.74 Å². The third-order valence-electron chi connectivity index (χ3n) is 5.35. The number of aromatic amines is 1. The second-order valence-electron chi connectivity index (χ2n) is 7.29. The summed E-state index contributed by atoms with van der Waals surface area (Å²) in [6.45, 7) is 5.29. The van der Waals surface area contributed by atoms with Gasteiger partial charge in [-0.25, -0.2) is 0 Å². The number of aliphatic imine (C=N–C) groups is 1. The van der Waals surface area contributed by atoms with E-state index in [9.17, 15) is 0 Å². The Bertz CT molecular complexity index is 972. The zero-order valence-corrected chi connectivity index (χ0v) is 16.8. The first kappa shape index (κ1) is 18.6. The lowest BCUT2D eigenvalue weighted by atomic mass is 10.1. The Labute approximate surface area is 165 Å². The van der Waals surface area contributed by atoms with Crippen molar-refractivity contribution in [3.05, 3.63) is 53.5 Å². The van der Waals surface area contributed by atoms with Gasteiger partial charge in [0.15, 0.2) is 5.96 Å². The number of nitrogens with zero attached hydrogens (tertiary/aromatic N) is 4. The summed E-state index contributed by atoms with van der Waals surface area (Å²) in [5.74, 6) is 0.925. The number of aryl methyl sites for hydroxylation is 2. The van der Waals surface area contributed by atoms with Crippen molar-refractivity contribution < 1.29 is 4.74 Å². The molecule has 3 aromatic rings. The first-order valence-corrected chi connectivity index (χ1v) is 9.77. The van der Waals surface area contributed by atoms with E-state index >= 15 is 0 Å². The number of nitrogens with one attached hydrogen (secondary N) is 2. The lowest BCUT2D eigenvalue weighted by Crippen LogP contribution is -2.48. The maximum Gasteiger partial charge on any atom is 0.193 e. The number of rotatable bonds is 4. The maximum absolute atomic E-state index is 5.95. The van der Waals surface area contributed by atoms with Gasteiger partial charge in [0.2, 0.25) is 0 Å². The maximum atomic E-state index is 5.95. The van der Waals surface area contributed by atoms with Gasteiger partial charge in [-0.1, -0.05) is 12.1 Å². The van der Waals surface area contributed by atoms with Crippen LogP contribution in [0.3, 0.4) is 0 Å². The van der Waals surface area contributed by atoms with E-state index in [-0.39, 0.29) is 6.10 Å². The van der Waals surface area contributed by atoms with Crippen LogP contribution in [-0.2, 0) is 18.2 Å². The summed E-state index contributed by atoms with van der Waals surface area (Å²) in [5, 5.41) is 9.12. The molecule has 0 saturated carbocycles. The number of ether oxygens (including phenoxy) is 1. The Morgan fingerprint density at radius 2 is 2.32 bits per heavy atom. The molecule has 0 radical (unpaired) electrons. The van der Waals surface area contributed by atoms with Crippen molar-refractivity contribution in [1.82, 2.24) is 25.0 Å². The van der Waals surface area contributed by atoms with Gasteiger partial charge in [-0.2, -0.15) is 5.10 Å². The number of H-pyrrole nitrogens is 1. The highest BCUT2D eigenvalue weighted by molar-refractivity contribution is 5.86. The molecule has 1 atom stereocenters. The minimum Gasteiger partial charge on any atom is -0.370 e. The average molecular weight is 380 g/mol. The van der Waals surface area contributed by atoms with Gasteiger partial charge in [-0.3, -0.25) is 9.67 Å². The topological polar surface area (TPSA) is 70.5 Å². The van der Waals surface area contributed by atoms with Gasteiger partial charge in [0.1, 0.15) is 6.10 Å². The molecule has 1 saturated heterocycles. The largest absolute Gasteiger partial charge is 0.370 e. The summed E-state index contributed by atoms with van der Waals surface area (Å²) in [6, 6.07) is 6.39. The van der Waals surface area contributed by atoms with Crippen molar-refractivity contribution >= 4 is 16.9 Å². The summed E-state index contributed by atoms with van der Waals surface area (Å²) in [4.78, 5) is 10.1.